The lowest BCUT2D eigenvalue weighted by molar-refractivity contribution is -0.0950. The van der Waals surface area contributed by atoms with E-state index in [1.165, 1.54) is 17.8 Å². The van der Waals surface area contributed by atoms with Gasteiger partial charge < -0.3 is 31.5 Å². The van der Waals surface area contributed by atoms with Crippen LogP contribution in [0.25, 0.3) is 11.2 Å². The van der Waals surface area contributed by atoms with E-state index in [-0.39, 0.29) is 17.4 Å². The maximum absolute atomic E-state index is 10.5. The summed E-state index contributed by atoms with van der Waals surface area (Å²) < 4.78 is 6.91. The van der Waals surface area contributed by atoms with Gasteiger partial charge in [0.25, 0.3) is 0 Å². The first-order valence-electron chi connectivity index (χ1n) is 6.28. The molecule has 1 fully saturated rings. The molecule has 0 saturated carbocycles. The number of hydrogen-bond acceptors (Lipinski definition) is 9. The van der Waals surface area contributed by atoms with Crippen molar-refractivity contribution in [1.29, 1.82) is 0 Å². The van der Waals surface area contributed by atoms with Crippen molar-refractivity contribution in [3.8, 4) is 0 Å². The second-order valence-electron chi connectivity index (χ2n) is 5.17. The van der Waals surface area contributed by atoms with Crippen molar-refractivity contribution in [1.82, 2.24) is 19.5 Å². The molecule has 2 aromatic heterocycles. The van der Waals surface area contributed by atoms with Crippen molar-refractivity contribution >= 4 is 22.9 Å². The molecule has 21 heavy (non-hydrogen) atoms. The molecular formula is C11H16N6O4. The largest absolute Gasteiger partial charge is 0.394 e. The maximum Gasteiger partial charge on any atom is 0.224 e. The molecule has 0 amide bonds. The van der Waals surface area contributed by atoms with Gasteiger partial charge in [-0.15, -0.1) is 0 Å². The molecule has 3 heterocycles. The molecule has 2 aromatic rings. The first kappa shape index (κ1) is 13.9. The number of nitrogens with zero attached hydrogens (tertiary/aromatic N) is 4. The van der Waals surface area contributed by atoms with Gasteiger partial charge in [0.15, 0.2) is 17.7 Å². The Bertz CT molecular complexity index is 687. The van der Waals surface area contributed by atoms with Crippen molar-refractivity contribution in [2.75, 3.05) is 18.1 Å². The zero-order valence-electron chi connectivity index (χ0n) is 11.2. The zero-order chi connectivity index (χ0) is 15.4. The minimum atomic E-state index is -1.64. The summed E-state index contributed by atoms with van der Waals surface area (Å²) >= 11 is 0. The third kappa shape index (κ3) is 1.92. The molecular weight excluding hydrogens is 280 g/mol. The van der Waals surface area contributed by atoms with Gasteiger partial charge in [-0.1, -0.05) is 0 Å². The van der Waals surface area contributed by atoms with Gasteiger partial charge in [0, 0.05) is 0 Å². The number of aliphatic hydroxyl groups excluding tert-OH is 2. The van der Waals surface area contributed by atoms with Crippen LogP contribution in [0.15, 0.2) is 6.33 Å². The molecule has 0 bridgehead atoms. The fourth-order valence-corrected chi connectivity index (χ4v) is 2.52. The van der Waals surface area contributed by atoms with E-state index in [0.717, 1.165) is 0 Å². The molecule has 0 radical (unpaired) electrons. The standard InChI is InChI=1S/C11H16N6O4/c1-11(20)6(19)4(2-18)21-9(11)17-3-14-5-7(12)15-10(13)16-8(5)17/h3-4,6,9,18-20H,2H2,1H3,(H4,12,13,15,16). The average molecular weight is 296 g/mol. The molecule has 0 spiro atoms. The predicted molar refractivity (Wildman–Crippen MR) is 71.8 cm³/mol. The first-order valence-corrected chi connectivity index (χ1v) is 6.28. The highest BCUT2D eigenvalue weighted by Crippen LogP contribution is 2.39. The van der Waals surface area contributed by atoms with Gasteiger partial charge in [0.05, 0.1) is 12.9 Å². The summed E-state index contributed by atoms with van der Waals surface area (Å²) in [5, 5.41) is 29.7. The molecule has 1 aliphatic rings. The lowest BCUT2D eigenvalue weighted by Gasteiger charge is -2.27. The van der Waals surface area contributed by atoms with Crippen LogP contribution >= 0.6 is 0 Å². The summed E-state index contributed by atoms with van der Waals surface area (Å²) in [7, 11) is 0. The number of nitrogens with two attached hydrogens (primary N) is 2. The van der Waals surface area contributed by atoms with Gasteiger partial charge in [-0.3, -0.25) is 4.57 Å². The highest BCUT2D eigenvalue weighted by Gasteiger charge is 2.53. The van der Waals surface area contributed by atoms with E-state index in [1.54, 1.807) is 0 Å². The first-order chi connectivity index (χ1) is 9.86. The Morgan fingerprint density at radius 3 is 2.76 bits per heavy atom. The quantitative estimate of drug-likeness (QED) is 0.421. The van der Waals surface area contributed by atoms with Crippen LogP contribution < -0.4 is 11.5 Å². The summed E-state index contributed by atoms with van der Waals surface area (Å²) in [5.41, 5.74) is 10.2. The van der Waals surface area contributed by atoms with Crippen LogP contribution in [0.5, 0.6) is 0 Å². The van der Waals surface area contributed by atoms with Crippen molar-refractivity contribution < 1.29 is 20.1 Å². The van der Waals surface area contributed by atoms with E-state index in [0.29, 0.717) is 5.52 Å². The Hall–Kier alpha value is -2.01. The summed E-state index contributed by atoms with van der Waals surface area (Å²) in [4.78, 5) is 11.9. The van der Waals surface area contributed by atoms with Crippen molar-refractivity contribution in [2.24, 2.45) is 0 Å². The third-order valence-corrected chi connectivity index (χ3v) is 3.65. The highest BCUT2D eigenvalue weighted by atomic mass is 16.6. The summed E-state index contributed by atoms with van der Waals surface area (Å²) in [6, 6.07) is 0. The van der Waals surface area contributed by atoms with Crippen LogP contribution in [0.3, 0.4) is 0 Å². The van der Waals surface area contributed by atoms with E-state index in [2.05, 4.69) is 15.0 Å². The van der Waals surface area contributed by atoms with E-state index in [9.17, 15) is 15.3 Å². The number of anilines is 2. The van der Waals surface area contributed by atoms with Crippen molar-refractivity contribution in [3.05, 3.63) is 6.33 Å². The summed E-state index contributed by atoms with van der Waals surface area (Å²) in [6.45, 7) is 0.970. The van der Waals surface area contributed by atoms with Crippen molar-refractivity contribution in [3.63, 3.8) is 0 Å². The minimum Gasteiger partial charge on any atom is -0.394 e. The minimum absolute atomic E-state index is 0.0429. The van der Waals surface area contributed by atoms with Crippen LogP contribution in [0, 0.1) is 0 Å². The van der Waals surface area contributed by atoms with Gasteiger partial charge in [-0.05, 0) is 6.92 Å². The van der Waals surface area contributed by atoms with Gasteiger partial charge in [0.1, 0.15) is 23.3 Å². The molecule has 0 aliphatic carbocycles. The van der Waals surface area contributed by atoms with Crippen LogP contribution in [0.4, 0.5) is 11.8 Å². The fraction of sp³-hybridized carbons (Fsp3) is 0.545. The lowest BCUT2D eigenvalue weighted by atomic mass is 9.96. The van der Waals surface area contributed by atoms with Crippen LogP contribution in [-0.4, -0.2) is 59.3 Å². The SMILES string of the molecule is CC1(O)C(O)C(CO)OC1n1cnc2c(N)nc(N)nc21. The van der Waals surface area contributed by atoms with Gasteiger partial charge in [-0.25, -0.2) is 4.98 Å². The third-order valence-electron chi connectivity index (χ3n) is 3.65. The smallest absolute Gasteiger partial charge is 0.224 e. The molecule has 114 valence electrons. The number of nitrogen functional groups attached to an aromatic ring is 2. The van der Waals surface area contributed by atoms with Crippen LogP contribution in [-0.2, 0) is 4.74 Å². The summed E-state index contributed by atoms with van der Waals surface area (Å²) in [6.07, 6.45) is -1.82. The molecule has 1 aliphatic heterocycles. The lowest BCUT2D eigenvalue weighted by Crippen LogP contribution is -2.44. The van der Waals surface area contributed by atoms with E-state index in [4.69, 9.17) is 16.2 Å². The molecule has 4 atom stereocenters. The number of hydrogen-bond donors (Lipinski definition) is 5. The Morgan fingerprint density at radius 1 is 1.43 bits per heavy atom. The fourth-order valence-electron chi connectivity index (χ4n) is 2.52. The second-order valence-corrected chi connectivity index (χ2v) is 5.17. The number of aliphatic hydroxyl groups is 3. The van der Waals surface area contributed by atoms with Crippen molar-refractivity contribution in [2.45, 2.75) is 31.0 Å². The van der Waals surface area contributed by atoms with Gasteiger partial charge in [-0.2, -0.15) is 9.97 Å². The normalized spacial score (nSPS) is 32.9. The monoisotopic (exact) mass is 296 g/mol. The number of ether oxygens (including phenoxy) is 1. The molecule has 7 N–H and O–H groups in total. The van der Waals surface area contributed by atoms with Crippen LogP contribution in [0.2, 0.25) is 0 Å². The Morgan fingerprint density at radius 2 is 2.14 bits per heavy atom. The average Bonchev–Trinajstić information content (AvgIpc) is 2.91. The zero-order valence-corrected chi connectivity index (χ0v) is 11.2. The molecule has 3 rings (SSSR count). The molecule has 1 saturated heterocycles. The number of aromatic nitrogens is 4. The Kier molecular flexibility index (Phi) is 2.99. The topological polar surface area (TPSA) is 166 Å². The maximum atomic E-state index is 10.5. The number of fused-ring (bicyclic) bond motifs is 1. The Labute approximate surface area is 119 Å². The molecule has 4 unspecified atom stereocenters. The second kappa shape index (κ2) is 4.49. The Balaban J connectivity index is 2.13. The molecule has 0 aromatic carbocycles. The van der Waals surface area contributed by atoms with E-state index in [1.807, 2.05) is 0 Å². The summed E-state index contributed by atoms with van der Waals surface area (Å²) in [5.74, 6) is 0.0618. The van der Waals surface area contributed by atoms with Gasteiger partial charge in [0.2, 0.25) is 5.95 Å². The van der Waals surface area contributed by atoms with E-state index >= 15 is 0 Å². The number of rotatable bonds is 2. The number of imidazole rings is 1. The van der Waals surface area contributed by atoms with Gasteiger partial charge >= 0.3 is 0 Å². The molecule has 10 heteroatoms. The molecule has 10 nitrogen and oxygen atoms in total. The highest BCUT2D eigenvalue weighted by molar-refractivity contribution is 5.82. The van der Waals surface area contributed by atoms with Crippen LogP contribution in [0.1, 0.15) is 13.2 Å². The van der Waals surface area contributed by atoms with E-state index < -0.39 is 30.6 Å². The predicted octanol–water partition coefficient (Wildman–Crippen LogP) is -2.01.